The fourth-order valence-electron chi connectivity index (χ4n) is 2.24. The smallest absolute Gasteiger partial charge is 0.409 e. The first-order valence-corrected chi connectivity index (χ1v) is 8.28. The monoisotopic (exact) mass is 326 g/mol. The topological polar surface area (TPSA) is 74.8 Å². The van der Waals surface area contributed by atoms with Crippen LogP contribution in [0, 0.1) is 6.92 Å². The van der Waals surface area contributed by atoms with Crippen LogP contribution in [0.15, 0.2) is 5.38 Å². The molecule has 0 saturated carbocycles. The molecular formula is C14H22N4O3S. The van der Waals surface area contributed by atoms with E-state index >= 15 is 0 Å². The standard InChI is InChI=1S/C14H22N4O3S/c1-4-21-14(20)18-7-5-17(6-8-18)13(19)15-10(2)12-9-22-11(3)16-12/h9-10H,4-8H2,1-3H3,(H,15,19)/t10-/m1/s1. The van der Waals surface area contributed by atoms with Gasteiger partial charge >= 0.3 is 12.1 Å². The Labute approximate surface area is 134 Å². The summed E-state index contributed by atoms with van der Waals surface area (Å²) >= 11 is 1.57. The molecule has 122 valence electrons. The minimum Gasteiger partial charge on any atom is -0.450 e. The van der Waals surface area contributed by atoms with Crippen LogP contribution in [0.5, 0.6) is 0 Å². The van der Waals surface area contributed by atoms with Crippen molar-refractivity contribution in [3.05, 3.63) is 16.1 Å². The molecule has 7 nitrogen and oxygen atoms in total. The second-order valence-corrected chi connectivity index (χ2v) is 6.20. The number of ether oxygens (including phenoxy) is 1. The van der Waals surface area contributed by atoms with Crippen molar-refractivity contribution in [2.24, 2.45) is 0 Å². The summed E-state index contributed by atoms with van der Waals surface area (Å²) in [4.78, 5) is 31.6. The maximum Gasteiger partial charge on any atom is 0.409 e. The molecule has 0 unspecified atom stereocenters. The molecule has 1 saturated heterocycles. The third kappa shape index (κ3) is 4.09. The molecule has 1 aliphatic rings. The number of carbonyl (C=O) groups excluding carboxylic acids is 2. The number of urea groups is 1. The molecule has 2 rings (SSSR count). The summed E-state index contributed by atoms with van der Waals surface area (Å²) in [6, 6.07) is -0.248. The largest absolute Gasteiger partial charge is 0.450 e. The van der Waals surface area contributed by atoms with Crippen LogP contribution in [0.4, 0.5) is 9.59 Å². The highest BCUT2D eigenvalue weighted by Gasteiger charge is 2.25. The molecule has 0 aliphatic carbocycles. The Kier molecular flexibility index (Phi) is 5.59. The minimum absolute atomic E-state index is 0.123. The zero-order valence-corrected chi connectivity index (χ0v) is 14.0. The van der Waals surface area contributed by atoms with E-state index in [2.05, 4.69) is 10.3 Å². The Bertz CT molecular complexity index is 526. The zero-order chi connectivity index (χ0) is 16.1. The van der Waals surface area contributed by atoms with Gasteiger partial charge in [-0.1, -0.05) is 0 Å². The number of thiazole rings is 1. The van der Waals surface area contributed by atoms with E-state index in [9.17, 15) is 9.59 Å². The SMILES string of the molecule is CCOC(=O)N1CCN(C(=O)N[C@H](C)c2csc(C)n2)CC1. The average molecular weight is 326 g/mol. The van der Waals surface area contributed by atoms with Crippen LogP contribution < -0.4 is 5.32 Å². The molecule has 0 aromatic carbocycles. The van der Waals surface area contributed by atoms with Crippen LogP contribution in [0.1, 0.15) is 30.6 Å². The number of piperazine rings is 1. The van der Waals surface area contributed by atoms with Crippen LogP contribution >= 0.6 is 11.3 Å². The lowest BCUT2D eigenvalue weighted by atomic mass is 10.2. The second-order valence-electron chi connectivity index (χ2n) is 5.14. The molecule has 1 N–H and O–H groups in total. The molecule has 1 aromatic heterocycles. The predicted octanol–water partition coefficient (Wildman–Crippen LogP) is 2.00. The fraction of sp³-hybridized carbons (Fsp3) is 0.643. The lowest BCUT2D eigenvalue weighted by molar-refractivity contribution is 0.0848. The molecule has 3 amide bonds. The van der Waals surface area contributed by atoms with E-state index in [1.165, 1.54) is 0 Å². The van der Waals surface area contributed by atoms with Gasteiger partial charge < -0.3 is 19.9 Å². The third-order valence-corrected chi connectivity index (χ3v) is 4.31. The first-order valence-electron chi connectivity index (χ1n) is 7.40. The molecule has 2 heterocycles. The lowest BCUT2D eigenvalue weighted by Gasteiger charge is -2.34. The highest BCUT2D eigenvalue weighted by molar-refractivity contribution is 7.09. The zero-order valence-electron chi connectivity index (χ0n) is 13.2. The molecule has 0 radical (unpaired) electrons. The van der Waals surface area contributed by atoms with E-state index in [1.807, 2.05) is 19.2 Å². The second kappa shape index (κ2) is 7.44. The van der Waals surface area contributed by atoms with E-state index in [0.717, 1.165) is 10.7 Å². The van der Waals surface area contributed by atoms with Gasteiger partial charge in [-0.25, -0.2) is 14.6 Å². The summed E-state index contributed by atoms with van der Waals surface area (Å²) in [7, 11) is 0. The van der Waals surface area contributed by atoms with Crippen LogP contribution in [-0.2, 0) is 4.74 Å². The van der Waals surface area contributed by atoms with Gasteiger partial charge in [-0.15, -0.1) is 11.3 Å². The van der Waals surface area contributed by atoms with Crippen molar-refractivity contribution in [1.29, 1.82) is 0 Å². The van der Waals surface area contributed by atoms with Gasteiger partial charge in [0.25, 0.3) is 0 Å². The number of hydrogen-bond donors (Lipinski definition) is 1. The first-order chi connectivity index (χ1) is 10.5. The Balaban J connectivity index is 1.81. The van der Waals surface area contributed by atoms with Crippen molar-refractivity contribution in [1.82, 2.24) is 20.1 Å². The molecule has 1 aliphatic heterocycles. The summed E-state index contributed by atoms with van der Waals surface area (Å²) in [5.74, 6) is 0. The maximum absolute atomic E-state index is 12.2. The average Bonchev–Trinajstić information content (AvgIpc) is 2.94. The Morgan fingerprint density at radius 3 is 2.55 bits per heavy atom. The van der Waals surface area contributed by atoms with Gasteiger partial charge in [0.05, 0.1) is 23.4 Å². The minimum atomic E-state index is -0.311. The normalized spacial score (nSPS) is 16.3. The summed E-state index contributed by atoms with van der Waals surface area (Å²) in [6.45, 7) is 8.01. The summed E-state index contributed by atoms with van der Waals surface area (Å²) in [5, 5.41) is 5.89. The van der Waals surface area contributed by atoms with E-state index in [0.29, 0.717) is 32.8 Å². The highest BCUT2D eigenvalue weighted by atomic mass is 32.1. The van der Waals surface area contributed by atoms with Gasteiger partial charge in [0.15, 0.2) is 0 Å². The number of hydrogen-bond acceptors (Lipinski definition) is 5. The molecular weight excluding hydrogens is 304 g/mol. The van der Waals surface area contributed by atoms with Crippen molar-refractivity contribution in [2.75, 3.05) is 32.8 Å². The number of carbonyl (C=O) groups is 2. The van der Waals surface area contributed by atoms with E-state index < -0.39 is 0 Å². The molecule has 0 bridgehead atoms. The number of aryl methyl sites for hydroxylation is 1. The highest BCUT2D eigenvalue weighted by Crippen LogP contribution is 2.16. The van der Waals surface area contributed by atoms with Crippen molar-refractivity contribution >= 4 is 23.5 Å². The molecule has 1 fully saturated rings. The van der Waals surface area contributed by atoms with Crippen molar-refractivity contribution in [3.8, 4) is 0 Å². The predicted molar refractivity (Wildman–Crippen MR) is 84.0 cm³/mol. The number of nitrogens with zero attached hydrogens (tertiary/aromatic N) is 3. The van der Waals surface area contributed by atoms with Crippen LogP contribution in [0.2, 0.25) is 0 Å². The van der Waals surface area contributed by atoms with Gasteiger partial charge in [-0.3, -0.25) is 0 Å². The third-order valence-electron chi connectivity index (χ3n) is 3.51. The van der Waals surface area contributed by atoms with Crippen molar-refractivity contribution in [3.63, 3.8) is 0 Å². The maximum atomic E-state index is 12.2. The van der Waals surface area contributed by atoms with Crippen LogP contribution in [-0.4, -0.2) is 59.7 Å². The molecule has 0 spiro atoms. The van der Waals surface area contributed by atoms with Crippen LogP contribution in [0.3, 0.4) is 0 Å². The van der Waals surface area contributed by atoms with Gasteiger partial charge in [-0.2, -0.15) is 0 Å². The summed E-state index contributed by atoms with van der Waals surface area (Å²) in [6.07, 6.45) is -0.311. The van der Waals surface area contributed by atoms with Gasteiger partial charge in [0.1, 0.15) is 0 Å². The quantitative estimate of drug-likeness (QED) is 0.922. The van der Waals surface area contributed by atoms with Gasteiger partial charge in [0.2, 0.25) is 0 Å². The number of amides is 3. The van der Waals surface area contributed by atoms with Gasteiger partial charge in [-0.05, 0) is 20.8 Å². The summed E-state index contributed by atoms with van der Waals surface area (Å²) in [5.41, 5.74) is 0.876. The lowest BCUT2D eigenvalue weighted by Crippen LogP contribution is -2.53. The molecule has 1 aromatic rings. The molecule has 8 heteroatoms. The number of nitrogens with one attached hydrogen (secondary N) is 1. The van der Waals surface area contributed by atoms with Gasteiger partial charge in [0, 0.05) is 31.6 Å². The van der Waals surface area contributed by atoms with E-state index in [4.69, 9.17) is 4.74 Å². The van der Waals surface area contributed by atoms with E-state index in [-0.39, 0.29) is 18.2 Å². The number of rotatable bonds is 3. The Morgan fingerprint density at radius 1 is 1.36 bits per heavy atom. The van der Waals surface area contributed by atoms with Crippen LogP contribution in [0.25, 0.3) is 0 Å². The molecule has 1 atom stereocenters. The number of aromatic nitrogens is 1. The summed E-state index contributed by atoms with van der Waals surface area (Å²) < 4.78 is 4.96. The molecule has 22 heavy (non-hydrogen) atoms. The first kappa shape index (κ1) is 16.5. The van der Waals surface area contributed by atoms with Crippen molar-refractivity contribution in [2.45, 2.75) is 26.8 Å². The van der Waals surface area contributed by atoms with Crippen molar-refractivity contribution < 1.29 is 14.3 Å². The van der Waals surface area contributed by atoms with E-state index in [1.54, 1.807) is 28.1 Å². The fourth-order valence-corrected chi connectivity index (χ4v) is 2.94. The Hall–Kier alpha value is -1.83. The Morgan fingerprint density at radius 2 is 2.00 bits per heavy atom.